The second-order valence-corrected chi connectivity index (χ2v) is 6.52. The largest absolute Gasteiger partial charge is 0.443 e. The lowest BCUT2D eigenvalue weighted by molar-refractivity contribution is 0.491. The lowest BCUT2D eigenvalue weighted by atomic mass is 10.0. The number of benzene rings is 2. The van der Waals surface area contributed by atoms with E-state index < -0.39 is 0 Å². The molecule has 0 bridgehead atoms. The average Bonchev–Trinajstić information content (AvgIpc) is 2.66. The zero-order chi connectivity index (χ0) is 19.8. The van der Waals surface area contributed by atoms with Crippen molar-refractivity contribution in [1.29, 1.82) is 5.26 Å². The van der Waals surface area contributed by atoms with Crippen LogP contribution in [0, 0.1) is 23.1 Å². The molecule has 1 unspecified atom stereocenters. The Labute approximate surface area is 160 Å². The van der Waals surface area contributed by atoms with Gasteiger partial charge in [0.05, 0.1) is 11.6 Å². The van der Waals surface area contributed by atoms with Crippen LogP contribution in [0.4, 0.5) is 4.39 Å². The molecule has 0 heterocycles. The van der Waals surface area contributed by atoms with Gasteiger partial charge in [-0.2, -0.15) is 10.3 Å². The maximum atomic E-state index is 13.2. The molecule has 2 aromatic rings. The summed E-state index contributed by atoms with van der Waals surface area (Å²) < 4.78 is 19.2. The molecule has 0 aromatic heterocycles. The Morgan fingerprint density at radius 1 is 1.22 bits per heavy atom. The van der Waals surface area contributed by atoms with E-state index in [1.165, 1.54) is 12.1 Å². The van der Waals surface area contributed by atoms with E-state index in [0.29, 0.717) is 23.6 Å². The van der Waals surface area contributed by atoms with Crippen LogP contribution in [0.2, 0.25) is 0 Å². The molecule has 0 radical (unpaired) electrons. The van der Waals surface area contributed by atoms with E-state index in [9.17, 15) is 4.39 Å². The molecule has 0 aliphatic heterocycles. The van der Waals surface area contributed by atoms with Crippen LogP contribution < -0.4 is 10.1 Å². The van der Waals surface area contributed by atoms with Crippen molar-refractivity contribution in [2.75, 3.05) is 7.05 Å². The number of aliphatic imine (C=N–C) groups is 1. The molecule has 0 saturated carbocycles. The van der Waals surface area contributed by atoms with Gasteiger partial charge < -0.3 is 10.1 Å². The van der Waals surface area contributed by atoms with Crippen LogP contribution >= 0.6 is 0 Å². The van der Waals surface area contributed by atoms with Crippen molar-refractivity contribution in [1.82, 2.24) is 5.32 Å². The molecule has 0 aliphatic rings. The summed E-state index contributed by atoms with van der Waals surface area (Å²) in [5, 5.41) is 12.2. The SMILES string of the molecule is CNC(/N=C(/Oc1cccc(C#N)c1)C(C)Cc1ccc(F)cc1)=C(C)C. The number of ether oxygens (including phenoxy) is 1. The molecule has 0 saturated heterocycles. The highest BCUT2D eigenvalue weighted by Crippen LogP contribution is 2.19. The first kappa shape index (κ1) is 20.2. The summed E-state index contributed by atoms with van der Waals surface area (Å²) in [6.07, 6.45) is 0.650. The summed E-state index contributed by atoms with van der Waals surface area (Å²) >= 11 is 0. The lowest BCUT2D eigenvalue weighted by Crippen LogP contribution is -2.22. The Hall–Kier alpha value is -3.13. The second-order valence-electron chi connectivity index (χ2n) is 6.52. The predicted molar refractivity (Wildman–Crippen MR) is 106 cm³/mol. The van der Waals surface area contributed by atoms with E-state index in [-0.39, 0.29) is 11.7 Å². The number of allylic oxidation sites excluding steroid dienone is 1. The van der Waals surface area contributed by atoms with Crippen molar-refractivity contribution in [3.8, 4) is 11.8 Å². The first-order valence-corrected chi connectivity index (χ1v) is 8.79. The summed E-state index contributed by atoms with van der Waals surface area (Å²) in [6, 6.07) is 15.5. The fourth-order valence-corrected chi connectivity index (χ4v) is 2.57. The van der Waals surface area contributed by atoms with Crippen molar-refractivity contribution < 1.29 is 9.13 Å². The smallest absolute Gasteiger partial charge is 0.199 e. The van der Waals surface area contributed by atoms with Gasteiger partial charge in [0.15, 0.2) is 5.90 Å². The number of hydrogen-bond donors (Lipinski definition) is 1. The van der Waals surface area contributed by atoms with Crippen LogP contribution in [0.3, 0.4) is 0 Å². The minimum absolute atomic E-state index is 0.0519. The van der Waals surface area contributed by atoms with Gasteiger partial charge in [-0.15, -0.1) is 0 Å². The third-order valence-electron chi connectivity index (χ3n) is 3.99. The summed E-state index contributed by atoms with van der Waals surface area (Å²) in [5.41, 5.74) is 2.54. The minimum Gasteiger partial charge on any atom is -0.443 e. The van der Waals surface area contributed by atoms with Gasteiger partial charge in [0, 0.05) is 13.0 Å². The van der Waals surface area contributed by atoms with Crippen LogP contribution in [0.15, 0.2) is 64.9 Å². The predicted octanol–water partition coefficient (Wildman–Crippen LogP) is 4.82. The highest BCUT2D eigenvalue weighted by Gasteiger charge is 2.16. The molecular formula is C22H24FN3O. The molecule has 1 N–H and O–H groups in total. The molecule has 0 amide bonds. The Kier molecular flexibility index (Phi) is 7.13. The molecule has 2 aromatic carbocycles. The number of nitrogens with one attached hydrogen (secondary N) is 1. The van der Waals surface area contributed by atoms with Crippen LogP contribution in [0.5, 0.6) is 5.75 Å². The first-order valence-electron chi connectivity index (χ1n) is 8.79. The number of halogens is 1. The van der Waals surface area contributed by atoms with Crippen LogP contribution in [0.1, 0.15) is 31.9 Å². The monoisotopic (exact) mass is 365 g/mol. The van der Waals surface area contributed by atoms with Crippen molar-refractivity contribution in [2.24, 2.45) is 10.9 Å². The van der Waals surface area contributed by atoms with E-state index in [1.54, 1.807) is 36.4 Å². The highest BCUT2D eigenvalue weighted by atomic mass is 19.1. The Balaban J connectivity index is 2.33. The molecule has 140 valence electrons. The molecule has 2 rings (SSSR count). The standard InChI is InChI=1S/C22H24FN3O/c1-15(2)21(25-4)26-22(27-20-7-5-6-18(13-20)14-24)16(3)12-17-8-10-19(23)11-9-17/h5-11,13,16,25H,12H2,1-4H3/b26-22+. The van der Waals surface area contributed by atoms with Crippen molar-refractivity contribution in [3.63, 3.8) is 0 Å². The van der Waals surface area contributed by atoms with Gasteiger partial charge in [0.1, 0.15) is 17.4 Å². The van der Waals surface area contributed by atoms with E-state index in [4.69, 9.17) is 10.00 Å². The molecule has 5 heteroatoms. The minimum atomic E-state index is -0.258. The average molecular weight is 365 g/mol. The maximum Gasteiger partial charge on any atom is 0.199 e. The van der Waals surface area contributed by atoms with Crippen molar-refractivity contribution >= 4 is 5.90 Å². The van der Waals surface area contributed by atoms with Gasteiger partial charge in [-0.3, -0.25) is 0 Å². The third-order valence-corrected chi connectivity index (χ3v) is 3.99. The Morgan fingerprint density at radius 3 is 2.52 bits per heavy atom. The van der Waals surface area contributed by atoms with Gasteiger partial charge in [0.25, 0.3) is 0 Å². The summed E-state index contributed by atoms with van der Waals surface area (Å²) in [4.78, 5) is 4.66. The number of rotatable bonds is 6. The normalized spacial score (nSPS) is 12.1. The van der Waals surface area contributed by atoms with Crippen LogP contribution in [0.25, 0.3) is 0 Å². The quantitative estimate of drug-likeness (QED) is 0.589. The zero-order valence-corrected chi connectivity index (χ0v) is 16.1. The van der Waals surface area contributed by atoms with Crippen LogP contribution in [-0.2, 0) is 6.42 Å². The third kappa shape index (κ3) is 5.96. The fraction of sp³-hybridized carbons (Fsp3) is 0.273. The second kappa shape index (κ2) is 9.54. The molecule has 4 nitrogen and oxygen atoms in total. The number of hydrogen-bond acceptors (Lipinski definition) is 4. The van der Waals surface area contributed by atoms with Crippen molar-refractivity contribution in [3.05, 3.63) is 76.9 Å². The topological polar surface area (TPSA) is 57.4 Å². The summed E-state index contributed by atoms with van der Waals surface area (Å²) in [6.45, 7) is 5.94. The Morgan fingerprint density at radius 2 is 1.93 bits per heavy atom. The van der Waals surface area contributed by atoms with E-state index in [1.807, 2.05) is 27.8 Å². The zero-order valence-electron chi connectivity index (χ0n) is 16.1. The Bertz CT molecular complexity index is 875. The van der Waals surface area contributed by atoms with Gasteiger partial charge in [-0.1, -0.05) is 25.1 Å². The molecule has 0 spiro atoms. The van der Waals surface area contributed by atoms with Gasteiger partial charge in [-0.25, -0.2) is 4.39 Å². The van der Waals surface area contributed by atoms with Gasteiger partial charge in [-0.05, 0) is 61.7 Å². The number of nitrogens with zero attached hydrogens (tertiary/aromatic N) is 2. The molecular weight excluding hydrogens is 341 g/mol. The lowest BCUT2D eigenvalue weighted by Gasteiger charge is -2.17. The molecule has 0 aliphatic carbocycles. The van der Waals surface area contributed by atoms with Gasteiger partial charge >= 0.3 is 0 Å². The summed E-state index contributed by atoms with van der Waals surface area (Å²) in [7, 11) is 1.81. The highest BCUT2D eigenvalue weighted by molar-refractivity contribution is 5.82. The fourth-order valence-electron chi connectivity index (χ4n) is 2.57. The van der Waals surface area contributed by atoms with Crippen molar-refractivity contribution in [2.45, 2.75) is 27.2 Å². The molecule has 1 atom stereocenters. The molecule has 27 heavy (non-hydrogen) atoms. The first-order chi connectivity index (χ1) is 12.9. The van der Waals surface area contributed by atoms with E-state index in [0.717, 1.165) is 17.0 Å². The van der Waals surface area contributed by atoms with E-state index in [2.05, 4.69) is 16.4 Å². The molecule has 0 fully saturated rings. The van der Waals surface area contributed by atoms with Crippen LogP contribution in [-0.4, -0.2) is 12.9 Å². The van der Waals surface area contributed by atoms with Gasteiger partial charge in [0.2, 0.25) is 0 Å². The van der Waals surface area contributed by atoms with E-state index >= 15 is 0 Å². The number of nitriles is 1. The summed E-state index contributed by atoms with van der Waals surface area (Å²) in [5.74, 6) is 1.51. The maximum absolute atomic E-state index is 13.2.